The van der Waals surface area contributed by atoms with Crippen LogP contribution in [-0.2, 0) is 7.05 Å². The quantitative estimate of drug-likeness (QED) is 0.800. The largest absolute Gasteiger partial charge is 0.275 e. The lowest BCUT2D eigenvalue weighted by molar-refractivity contribution is 0.620. The third-order valence-electron chi connectivity index (χ3n) is 2.00. The minimum absolute atomic E-state index is 0.0800. The van der Waals surface area contributed by atoms with Gasteiger partial charge in [0.05, 0.1) is 11.1 Å². The van der Waals surface area contributed by atoms with E-state index in [1.165, 1.54) is 17.8 Å². The maximum absolute atomic E-state index is 13.3. The Bertz CT molecular complexity index is 557. The van der Waals surface area contributed by atoms with Crippen molar-refractivity contribution >= 4 is 11.8 Å². The van der Waals surface area contributed by atoms with Crippen molar-refractivity contribution in [3.8, 4) is 6.07 Å². The van der Waals surface area contributed by atoms with E-state index in [9.17, 15) is 4.39 Å². The molecule has 1 aromatic heterocycles. The minimum Gasteiger partial charge on any atom is -0.275 e. The van der Waals surface area contributed by atoms with E-state index in [1.54, 1.807) is 30.1 Å². The summed E-state index contributed by atoms with van der Waals surface area (Å²) >= 11 is 1.33. The average Bonchev–Trinajstić information content (AvgIpc) is 2.64. The van der Waals surface area contributed by atoms with Gasteiger partial charge in [0.1, 0.15) is 17.4 Å². The van der Waals surface area contributed by atoms with Crippen LogP contribution < -0.4 is 0 Å². The molecule has 0 saturated heterocycles. The summed E-state index contributed by atoms with van der Waals surface area (Å²) in [4.78, 5) is 1.49. The molecule has 0 unspecified atom stereocenters. The summed E-state index contributed by atoms with van der Waals surface area (Å²) in [5.41, 5.74) is 0.0800. The first-order valence-corrected chi connectivity index (χ1v) is 5.37. The Balaban J connectivity index is 2.35. The first-order chi connectivity index (χ1) is 7.70. The second-order valence-corrected chi connectivity index (χ2v) is 4.29. The molecule has 1 aromatic carbocycles. The van der Waals surface area contributed by atoms with Crippen LogP contribution in [0, 0.1) is 17.1 Å². The maximum atomic E-state index is 13.3. The molecule has 0 bridgehead atoms. The Morgan fingerprint density at radius 1 is 1.50 bits per heavy atom. The molecule has 0 N–H and O–H groups in total. The van der Waals surface area contributed by atoms with Crippen molar-refractivity contribution < 1.29 is 4.39 Å². The monoisotopic (exact) mass is 233 g/mol. The van der Waals surface area contributed by atoms with E-state index in [-0.39, 0.29) is 5.56 Å². The number of nitrogens with zero attached hydrogens (tertiary/aromatic N) is 3. The zero-order valence-electron chi connectivity index (χ0n) is 8.51. The Hall–Kier alpha value is -1.80. The molecular formula is C11H8FN3S. The van der Waals surface area contributed by atoms with Crippen LogP contribution in [0.25, 0.3) is 0 Å². The smallest absolute Gasteiger partial charge is 0.142 e. The number of hydrogen-bond acceptors (Lipinski definition) is 3. The first-order valence-electron chi connectivity index (χ1n) is 4.56. The standard InChI is InChI=1S/C11H8FN3S/c1-15-7-8(6-14-15)16-11-4-2-3-10(12)9(11)5-13/h2-4,6-7H,1H3. The fraction of sp³-hybridized carbons (Fsp3) is 0.0909. The van der Waals surface area contributed by atoms with Crippen molar-refractivity contribution in [3.63, 3.8) is 0 Å². The van der Waals surface area contributed by atoms with Crippen LogP contribution in [-0.4, -0.2) is 9.78 Å². The Morgan fingerprint density at radius 3 is 2.94 bits per heavy atom. The van der Waals surface area contributed by atoms with Crippen LogP contribution in [0.5, 0.6) is 0 Å². The molecule has 80 valence electrons. The van der Waals surface area contributed by atoms with Crippen LogP contribution in [0.3, 0.4) is 0 Å². The molecule has 0 saturated carbocycles. The zero-order valence-corrected chi connectivity index (χ0v) is 9.33. The van der Waals surface area contributed by atoms with E-state index < -0.39 is 5.82 Å². The number of rotatable bonds is 2. The van der Waals surface area contributed by atoms with Gasteiger partial charge in [-0.25, -0.2) is 4.39 Å². The fourth-order valence-corrected chi connectivity index (χ4v) is 2.23. The number of nitriles is 1. The molecule has 3 nitrogen and oxygen atoms in total. The van der Waals surface area contributed by atoms with Crippen molar-refractivity contribution in [2.45, 2.75) is 9.79 Å². The highest BCUT2D eigenvalue weighted by molar-refractivity contribution is 7.99. The van der Waals surface area contributed by atoms with Gasteiger partial charge in [0.25, 0.3) is 0 Å². The summed E-state index contributed by atoms with van der Waals surface area (Å²) in [6.07, 6.45) is 3.49. The van der Waals surface area contributed by atoms with E-state index >= 15 is 0 Å². The first kappa shape index (κ1) is 10.7. The van der Waals surface area contributed by atoms with Gasteiger partial charge in [0.2, 0.25) is 0 Å². The van der Waals surface area contributed by atoms with Gasteiger partial charge in [0.15, 0.2) is 0 Å². The molecule has 0 fully saturated rings. The highest BCUT2D eigenvalue weighted by Gasteiger charge is 2.09. The second-order valence-electron chi connectivity index (χ2n) is 3.18. The molecule has 0 amide bonds. The molecule has 2 rings (SSSR count). The summed E-state index contributed by atoms with van der Waals surface area (Å²) in [6, 6.07) is 6.47. The number of aryl methyl sites for hydroxylation is 1. The lowest BCUT2D eigenvalue weighted by atomic mass is 10.2. The molecule has 16 heavy (non-hydrogen) atoms. The van der Waals surface area contributed by atoms with Crippen molar-refractivity contribution in [2.75, 3.05) is 0 Å². The predicted octanol–water partition coefficient (Wildman–Crippen LogP) is 2.58. The summed E-state index contributed by atoms with van der Waals surface area (Å²) in [7, 11) is 1.81. The lowest BCUT2D eigenvalue weighted by Crippen LogP contribution is -1.86. The molecular weight excluding hydrogens is 225 g/mol. The van der Waals surface area contributed by atoms with Crippen LogP contribution >= 0.6 is 11.8 Å². The zero-order chi connectivity index (χ0) is 11.5. The Morgan fingerprint density at radius 2 is 2.31 bits per heavy atom. The van der Waals surface area contributed by atoms with Gasteiger partial charge in [-0.15, -0.1) is 0 Å². The molecule has 5 heteroatoms. The molecule has 0 aliphatic heterocycles. The SMILES string of the molecule is Cn1cc(Sc2cccc(F)c2C#N)cn1. The summed E-state index contributed by atoms with van der Waals surface area (Å²) in [6.45, 7) is 0. The molecule has 0 radical (unpaired) electrons. The molecule has 0 aliphatic rings. The van der Waals surface area contributed by atoms with E-state index in [0.29, 0.717) is 4.90 Å². The highest BCUT2D eigenvalue weighted by Crippen LogP contribution is 2.30. The molecule has 1 heterocycles. The van der Waals surface area contributed by atoms with Crippen molar-refractivity contribution in [3.05, 3.63) is 42.0 Å². The predicted molar refractivity (Wildman–Crippen MR) is 58.4 cm³/mol. The minimum atomic E-state index is -0.489. The second kappa shape index (κ2) is 4.37. The van der Waals surface area contributed by atoms with Gasteiger partial charge in [-0.2, -0.15) is 10.4 Å². The number of aromatic nitrogens is 2. The van der Waals surface area contributed by atoms with Crippen LogP contribution in [0.2, 0.25) is 0 Å². The maximum Gasteiger partial charge on any atom is 0.142 e. The number of hydrogen-bond donors (Lipinski definition) is 0. The van der Waals surface area contributed by atoms with Gasteiger partial charge in [-0.1, -0.05) is 17.8 Å². The van der Waals surface area contributed by atoms with E-state index in [2.05, 4.69) is 5.10 Å². The van der Waals surface area contributed by atoms with Gasteiger partial charge in [-0.3, -0.25) is 4.68 Å². The molecule has 0 spiro atoms. The van der Waals surface area contributed by atoms with Crippen LogP contribution in [0.15, 0.2) is 40.4 Å². The number of benzene rings is 1. The third-order valence-corrected chi connectivity index (χ3v) is 3.00. The average molecular weight is 233 g/mol. The number of halogens is 1. The van der Waals surface area contributed by atoms with E-state index in [1.807, 2.05) is 12.3 Å². The molecule has 0 atom stereocenters. The topological polar surface area (TPSA) is 41.6 Å². The van der Waals surface area contributed by atoms with Gasteiger partial charge >= 0.3 is 0 Å². The van der Waals surface area contributed by atoms with Gasteiger partial charge < -0.3 is 0 Å². The summed E-state index contributed by atoms with van der Waals surface area (Å²) in [5.74, 6) is -0.489. The lowest BCUT2D eigenvalue weighted by Gasteiger charge is -2.01. The van der Waals surface area contributed by atoms with Crippen LogP contribution in [0.4, 0.5) is 4.39 Å². The van der Waals surface area contributed by atoms with E-state index in [4.69, 9.17) is 5.26 Å². The summed E-state index contributed by atoms with van der Waals surface area (Å²) in [5, 5.41) is 12.9. The fourth-order valence-electron chi connectivity index (χ4n) is 1.28. The molecule has 0 aliphatic carbocycles. The third kappa shape index (κ3) is 2.07. The van der Waals surface area contributed by atoms with Crippen LogP contribution in [0.1, 0.15) is 5.56 Å². The van der Waals surface area contributed by atoms with Crippen molar-refractivity contribution in [1.82, 2.24) is 9.78 Å². The van der Waals surface area contributed by atoms with E-state index in [0.717, 1.165) is 4.90 Å². The Labute approximate surface area is 96.5 Å². The Kier molecular flexibility index (Phi) is 2.93. The summed E-state index contributed by atoms with van der Waals surface area (Å²) < 4.78 is 15.0. The van der Waals surface area contributed by atoms with Crippen molar-refractivity contribution in [2.24, 2.45) is 7.05 Å². The molecule has 2 aromatic rings. The highest BCUT2D eigenvalue weighted by atomic mass is 32.2. The normalized spacial score (nSPS) is 10.1. The van der Waals surface area contributed by atoms with Crippen molar-refractivity contribution in [1.29, 1.82) is 5.26 Å². The van der Waals surface area contributed by atoms with Gasteiger partial charge in [0, 0.05) is 18.1 Å². The van der Waals surface area contributed by atoms with Gasteiger partial charge in [-0.05, 0) is 12.1 Å².